The van der Waals surface area contributed by atoms with Crippen LogP contribution in [0.25, 0.3) is 0 Å². The molecule has 1 rings (SSSR count). The minimum atomic E-state index is -0.0435. The molecule has 0 aromatic carbocycles. The number of aliphatic hydroxyl groups is 1. The summed E-state index contributed by atoms with van der Waals surface area (Å²) in [7, 11) is 0. The van der Waals surface area contributed by atoms with Crippen molar-refractivity contribution in [2.45, 2.75) is 24.6 Å². The Morgan fingerprint density at radius 1 is 1.65 bits per heavy atom. The standard InChI is InChI=1S/C12H18N2O2S/c1-9(11(8-15)17-2)14-12(16)6-10-4-3-5-13-7-10/h3-5,7,9,11,15H,6,8H2,1-2H3,(H,14,16). The number of rotatable bonds is 6. The van der Waals surface area contributed by atoms with Gasteiger partial charge in [0.05, 0.1) is 13.0 Å². The highest BCUT2D eigenvalue weighted by Crippen LogP contribution is 2.10. The normalized spacial score (nSPS) is 14.1. The summed E-state index contributed by atoms with van der Waals surface area (Å²) in [6.45, 7) is 1.97. The first kappa shape index (κ1) is 14.0. The summed E-state index contributed by atoms with van der Waals surface area (Å²) >= 11 is 1.55. The number of aliphatic hydroxyl groups excluding tert-OH is 1. The Hall–Kier alpha value is -1.07. The third-order valence-corrected chi connectivity index (χ3v) is 3.68. The second-order valence-corrected chi connectivity index (χ2v) is 4.93. The number of amides is 1. The van der Waals surface area contributed by atoms with E-state index in [-0.39, 0.29) is 23.8 Å². The molecule has 0 saturated carbocycles. The Morgan fingerprint density at radius 2 is 2.41 bits per heavy atom. The quantitative estimate of drug-likeness (QED) is 0.790. The summed E-state index contributed by atoms with van der Waals surface area (Å²) in [6, 6.07) is 3.64. The van der Waals surface area contributed by atoms with Crippen LogP contribution in [0.2, 0.25) is 0 Å². The van der Waals surface area contributed by atoms with Crippen LogP contribution in [0.15, 0.2) is 24.5 Å². The van der Waals surface area contributed by atoms with Crippen molar-refractivity contribution in [2.75, 3.05) is 12.9 Å². The number of nitrogens with one attached hydrogen (secondary N) is 1. The molecule has 2 unspecified atom stereocenters. The molecular weight excluding hydrogens is 236 g/mol. The summed E-state index contributed by atoms with van der Waals surface area (Å²) in [5.41, 5.74) is 0.891. The van der Waals surface area contributed by atoms with Crippen molar-refractivity contribution in [3.8, 4) is 0 Å². The summed E-state index contributed by atoms with van der Waals surface area (Å²) in [5.74, 6) is -0.0435. The molecule has 17 heavy (non-hydrogen) atoms. The lowest BCUT2D eigenvalue weighted by Gasteiger charge is -2.21. The van der Waals surface area contributed by atoms with E-state index in [2.05, 4.69) is 10.3 Å². The van der Waals surface area contributed by atoms with E-state index >= 15 is 0 Å². The lowest BCUT2D eigenvalue weighted by Crippen LogP contribution is -2.41. The Balaban J connectivity index is 2.44. The van der Waals surface area contributed by atoms with Gasteiger partial charge in [-0.25, -0.2) is 0 Å². The summed E-state index contributed by atoms with van der Waals surface area (Å²) in [4.78, 5) is 15.7. The number of hydrogen-bond donors (Lipinski definition) is 2. The van der Waals surface area contributed by atoms with Crippen molar-refractivity contribution in [1.29, 1.82) is 0 Å². The van der Waals surface area contributed by atoms with E-state index in [0.29, 0.717) is 6.42 Å². The zero-order valence-electron chi connectivity index (χ0n) is 10.1. The number of pyridine rings is 1. The fraction of sp³-hybridized carbons (Fsp3) is 0.500. The van der Waals surface area contributed by atoms with Crippen molar-refractivity contribution in [3.05, 3.63) is 30.1 Å². The van der Waals surface area contributed by atoms with Crippen LogP contribution in [-0.4, -0.2) is 40.2 Å². The lowest BCUT2D eigenvalue weighted by atomic mass is 10.2. The molecule has 1 amide bonds. The van der Waals surface area contributed by atoms with Crippen molar-refractivity contribution in [2.24, 2.45) is 0 Å². The predicted molar refractivity (Wildman–Crippen MR) is 69.9 cm³/mol. The number of nitrogens with zero attached hydrogens (tertiary/aromatic N) is 1. The van der Waals surface area contributed by atoms with Crippen LogP contribution in [0.3, 0.4) is 0 Å². The second-order valence-electron chi connectivity index (χ2n) is 3.85. The molecule has 2 atom stereocenters. The maximum atomic E-state index is 11.7. The molecule has 0 radical (unpaired) electrons. The number of aromatic nitrogens is 1. The monoisotopic (exact) mass is 254 g/mol. The fourth-order valence-corrected chi connectivity index (χ4v) is 2.15. The van der Waals surface area contributed by atoms with Crippen LogP contribution in [0.1, 0.15) is 12.5 Å². The minimum Gasteiger partial charge on any atom is -0.395 e. The fourth-order valence-electron chi connectivity index (χ4n) is 1.52. The number of carbonyl (C=O) groups is 1. The Bertz CT molecular complexity index is 342. The average molecular weight is 254 g/mol. The summed E-state index contributed by atoms with van der Waals surface area (Å²) < 4.78 is 0. The van der Waals surface area contributed by atoms with Gasteiger partial charge in [-0.2, -0.15) is 11.8 Å². The van der Waals surface area contributed by atoms with Gasteiger partial charge in [0, 0.05) is 23.7 Å². The van der Waals surface area contributed by atoms with Crippen molar-refractivity contribution in [3.63, 3.8) is 0 Å². The van der Waals surface area contributed by atoms with E-state index in [4.69, 9.17) is 5.11 Å². The van der Waals surface area contributed by atoms with Gasteiger partial charge < -0.3 is 10.4 Å². The van der Waals surface area contributed by atoms with E-state index in [1.54, 1.807) is 24.2 Å². The number of carbonyl (C=O) groups excluding carboxylic acids is 1. The van der Waals surface area contributed by atoms with Gasteiger partial charge in [-0.15, -0.1) is 0 Å². The van der Waals surface area contributed by atoms with Gasteiger partial charge in [0.25, 0.3) is 0 Å². The minimum absolute atomic E-state index is 0.0350. The Kier molecular flexibility index (Phi) is 6.00. The molecule has 0 aliphatic carbocycles. The smallest absolute Gasteiger partial charge is 0.224 e. The molecule has 0 spiro atoms. The molecule has 0 bridgehead atoms. The average Bonchev–Trinajstić information content (AvgIpc) is 2.31. The third-order valence-electron chi connectivity index (χ3n) is 2.52. The highest BCUT2D eigenvalue weighted by molar-refractivity contribution is 7.99. The van der Waals surface area contributed by atoms with Gasteiger partial charge in [0.2, 0.25) is 5.91 Å². The maximum Gasteiger partial charge on any atom is 0.224 e. The molecule has 1 heterocycles. The first-order chi connectivity index (χ1) is 8.17. The highest BCUT2D eigenvalue weighted by Gasteiger charge is 2.17. The molecule has 1 aromatic heterocycles. The van der Waals surface area contributed by atoms with Gasteiger partial charge in [-0.05, 0) is 24.8 Å². The first-order valence-corrected chi connectivity index (χ1v) is 6.78. The SMILES string of the molecule is CSC(CO)C(C)NC(=O)Cc1cccnc1. The van der Waals surface area contributed by atoms with E-state index in [1.165, 1.54) is 0 Å². The van der Waals surface area contributed by atoms with Gasteiger partial charge in [-0.3, -0.25) is 9.78 Å². The maximum absolute atomic E-state index is 11.7. The zero-order chi connectivity index (χ0) is 12.7. The molecule has 0 fully saturated rings. The van der Waals surface area contributed by atoms with Crippen molar-refractivity contribution < 1.29 is 9.90 Å². The molecule has 94 valence electrons. The van der Waals surface area contributed by atoms with Crippen molar-refractivity contribution in [1.82, 2.24) is 10.3 Å². The predicted octanol–water partition coefficient (Wildman–Crippen LogP) is 0.853. The summed E-state index contributed by atoms with van der Waals surface area (Å²) in [5, 5.41) is 12.0. The third kappa shape index (κ3) is 4.75. The van der Waals surface area contributed by atoms with Crippen LogP contribution >= 0.6 is 11.8 Å². The largest absolute Gasteiger partial charge is 0.395 e. The van der Waals surface area contributed by atoms with Gasteiger partial charge in [-0.1, -0.05) is 6.07 Å². The van der Waals surface area contributed by atoms with E-state index in [1.807, 2.05) is 25.3 Å². The number of hydrogen-bond acceptors (Lipinski definition) is 4. The van der Waals surface area contributed by atoms with Gasteiger partial charge in [0.1, 0.15) is 0 Å². The highest BCUT2D eigenvalue weighted by atomic mass is 32.2. The molecule has 0 aliphatic rings. The molecule has 1 aromatic rings. The Morgan fingerprint density at radius 3 is 2.94 bits per heavy atom. The van der Waals surface area contributed by atoms with E-state index in [0.717, 1.165) is 5.56 Å². The lowest BCUT2D eigenvalue weighted by molar-refractivity contribution is -0.121. The van der Waals surface area contributed by atoms with E-state index in [9.17, 15) is 4.79 Å². The zero-order valence-corrected chi connectivity index (χ0v) is 10.9. The summed E-state index contributed by atoms with van der Waals surface area (Å²) in [6.07, 6.45) is 5.61. The Labute approximate surface area is 106 Å². The molecule has 2 N–H and O–H groups in total. The molecule has 4 nitrogen and oxygen atoms in total. The van der Waals surface area contributed by atoms with E-state index < -0.39 is 0 Å². The van der Waals surface area contributed by atoms with Crippen LogP contribution in [0, 0.1) is 0 Å². The molecule has 5 heteroatoms. The molecular formula is C12H18N2O2S. The first-order valence-electron chi connectivity index (χ1n) is 5.49. The molecule has 0 saturated heterocycles. The van der Waals surface area contributed by atoms with Crippen molar-refractivity contribution >= 4 is 17.7 Å². The van der Waals surface area contributed by atoms with Crippen LogP contribution in [-0.2, 0) is 11.2 Å². The number of thioether (sulfide) groups is 1. The van der Waals surface area contributed by atoms with Gasteiger partial charge >= 0.3 is 0 Å². The molecule has 0 aliphatic heterocycles. The van der Waals surface area contributed by atoms with Crippen LogP contribution in [0.4, 0.5) is 0 Å². The van der Waals surface area contributed by atoms with Gasteiger partial charge in [0.15, 0.2) is 0 Å². The van der Waals surface area contributed by atoms with Crippen LogP contribution in [0.5, 0.6) is 0 Å². The topological polar surface area (TPSA) is 62.2 Å². The van der Waals surface area contributed by atoms with Crippen LogP contribution < -0.4 is 5.32 Å². The second kappa shape index (κ2) is 7.29.